The second kappa shape index (κ2) is 32.5. The summed E-state index contributed by atoms with van der Waals surface area (Å²) >= 11 is 0. The van der Waals surface area contributed by atoms with E-state index >= 15 is 0 Å². The van der Waals surface area contributed by atoms with Crippen LogP contribution in [0.1, 0.15) is 0 Å². The average molecular weight is 1660 g/mol. The third kappa shape index (κ3) is 13.9. The molecule has 0 fully saturated rings. The number of furan rings is 4. The summed E-state index contributed by atoms with van der Waals surface area (Å²) in [5.74, 6) is 3.01. The molecule has 17 aromatic carbocycles. The molecule has 0 saturated heterocycles. The molecule has 130 heavy (non-hydrogen) atoms. The predicted molar refractivity (Wildman–Crippen MR) is 530 cm³/mol. The molecular weight excluding hydrogens is 1590 g/mol. The van der Waals surface area contributed by atoms with E-state index in [0.29, 0.717) is 11.6 Å². The van der Waals surface area contributed by atoms with Crippen LogP contribution in [0.2, 0.25) is 0 Å². The van der Waals surface area contributed by atoms with Gasteiger partial charge in [0.15, 0.2) is 11.6 Å². The number of benzene rings is 17. The Kier molecular flexibility index (Phi) is 19.0. The first-order valence-electron chi connectivity index (χ1n) is 43.6. The number of aromatic nitrogens is 6. The van der Waals surface area contributed by atoms with Gasteiger partial charge in [-0.05, 0) is 111 Å². The topological polar surface area (TPSA) is 130 Å². The second-order valence-electron chi connectivity index (χ2n) is 32.5. The molecule has 8 heterocycles. The first-order chi connectivity index (χ1) is 64.4. The van der Waals surface area contributed by atoms with Gasteiger partial charge < -0.3 is 17.7 Å². The van der Waals surface area contributed by atoms with Crippen molar-refractivity contribution in [3.63, 3.8) is 0 Å². The van der Waals surface area contributed by atoms with Crippen molar-refractivity contribution < 1.29 is 17.7 Å². The first kappa shape index (κ1) is 76.1. The van der Waals surface area contributed by atoms with E-state index < -0.39 is 0 Å². The van der Waals surface area contributed by atoms with E-state index in [1.165, 1.54) is 0 Å². The summed E-state index contributed by atoms with van der Waals surface area (Å²) in [6.07, 6.45) is 0. The van der Waals surface area contributed by atoms with Crippen LogP contribution in [0.15, 0.2) is 467 Å². The Morgan fingerprint density at radius 2 is 0.462 bits per heavy atom. The lowest BCUT2D eigenvalue weighted by atomic mass is 9.94. The summed E-state index contributed by atoms with van der Waals surface area (Å²) in [6.45, 7) is 0. The zero-order chi connectivity index (χ0) is 86.0. The van der Waals surface area contributed by atoms with Crippen LogP contribution in [0.25, 0.3) is 256 Å². The highest BCUT2D eigenvalue weighted by Crippen LogP contribution is 2.51. The minimum atomic E-state index is 0.669. The van der Waals surface area contributed by atoms with E-state index in [-0.39, 0.29) is 0 Å². The van der Waals surface area contributed by atoms with Crippen LogP contribution in [-0.4, -0.2) is 29.9 Å². The van der Waals surface area contributed by atoms with E-state index in [1.807, 2.05) is 133 Å². The molecule has 0 N–H and O–H groups in total. The standard InChI is InChI=1S/C63H39N3O2.C57H35N3O2/c1-4-16-43(17-5-1)57-59-60(64-52-27-12-10-24-50(52)62(59)68-61(57)45-18-6-2-7-19-45)44-36-32-41(33-37-44)40-30-34-42(35-31-40)53-39-54(66-63(65-53)46-20-8-3-9-21-46)48-23-14-22-47(38-48)49-26-15-29-56-58(49)51-25-11-13-28-55(51)67-56;1-4-15-39(16-5-1)51-53-54(58-46-24-12-10-21-44(46)56(53)62-55(51)41-17-6-2-7-18-41)40-33-29-37(30-34-40)36-27-31-38(32-28-36)47-35-48(60-57(59-47)42-19-8-3-9-20-42)43-23-14-26-50-52(43)45-22-11-13-25-49(45)61-50/h1-39H;1-35H. The molecule has 25 rings (SSSR count). The molecule has 0 spiro atoms. The summed E-state index contributed by atoms with van der Waals surface area (Å²) in [5, 5.41) is 8.30. The molecule has 10 nitrogen and oxygen atoms in total. The molecule has 0 amide bonds. The summed E-state index contributed by atoms with van der Waals surface area (Å²) in [6, 6.07) is 155. The van der Waals surface area contributed by atoms with Crippen molar-refractivity contribution in [3.05, 3.63) is 449 Å². The lowest BCUT2D eigenvalue weighted by Gasteiger charge is -2.12. The third-order valence-electron chi connectivity index (χ3n) is 24.7. The largest absolute Gasteiger partial charge is 0.456 e. The van der Waals surface area contributed by atoms with E-state index in [2.05, 4.69) is 315 Å². The third-order valence-corrected chi connectivity index (χ3v) is 24.7. The Bertz CT molecular complexity index is 8600. The van der Waals surface area contributed by atoms with Gasteiger partial charge in [-0.2, -0.15) is 0 Å². The van der Waals surface area contributed by atoms with Crippen LogP contribution in [0, 0.1) is 0 Å². The van der Waals surface area contributed by atoms with E-state index in [0.717, 1.165) is 245 Å². The van der Waals surface area contributed by atoms with E-state index in [9.17, 15) is 0 Å². The zero-order valence-electron chi connectivity index (χ0n) is 70.0. The van der Waals surface area contributed by atoms with Crippen molar-refractivity contribution in [1.29, 1.82) is 0 Å². The maximum Gasteiger partial charge on any atom is 0.160 e. The summed E-state index contributed by atoms with van der Waals surface area (Å²) < 4.78 is 26.3. The van der Waals surface area contributed by atoms with Crippen LogP contribution in [0.3, 0.4) is 0 Å². The highest BCUT2D eigenvalue weighted by molar-refractivity contribution is 6.19. The van der Waals surface area contributed by atoms with E-state index in [4.69, 9.17) is 47.6 Å². The fourth-order valence-corrected chi connectivity index (χ4v) is 18.4. The minimum absolute atomic E-state index is 0.669. The summed E-state index contributed by atoms with van der Waals surface area (Å²) in [4.78, 5) is 31.3. The molecule has 0 atom stereocenters. The highest BCUT2D eigenvalue weighted by Gasteiger charge is 2.28. The molecule has 0 aliphatic heterocycles. The zero-order valence-corrected chi connectivity index (χ0v) is 70.0. The van der Waals surface area contributed by atoms with Crippen molar-refractivity contribution >= 4 is 87.6 Å². The summed E-state index contributed by atoms with van der Waals surface area (Å²) in [7, 11) is 0. The number of hydrogen-bond acceptors (Lipinski definition) is 10. The molecule has 0 aliphatic rings. The number of fused-ring (bicyclic) bond motifs is 12. The molecular formula is C120H74N6O4. The molecule has 0 radical (unpaired) electrons. The highest BCUT2D eigenvalue weighted by atomic mass is 16.3. The Balaban J connectivity index is 0.000000145. The Labute approximate surface area is 747 Å². The minimum Gasteiger partial charge on any atom is -0.456 e. The van der Waals surface area contributed by atoms with E-state index in [1.54, 1.807) is 0 Å². The Morgan fingerprint density at radius 1 is 0.162 bits per heavy atom. The van der Waals surface area contributed by atoms with Gasteiger partial charge in [-0.25, -0.2) is 29.9 Å². The molecule has 25 aromatic rings. The Morgan fingerprint density at radius 3 is 0.892 bits per heavy atom. The van der Waals surface area contributed by atoms with Gasteiger partial charge in [-0.15, -0.1) is 0 Å². The van der Waals surface area contributed by atoms with Crippen molar-refractivity contribution in [2.75, 3.05) is 0 Å². The fraction of sp³-hybridized carbons (Fsp3) is 0. The van der Waals surface area contributed by atoms with Crippen LogP contribution in [0.5, 0.6) is 0 Å². The molecule has 8 aromatic heterocycles. The van der Waals surface area contributed by atoms with Crippen molar-refractivity contribution in [2.45, 2.75) is 0 Å². The number of nitrogens with zero attached hydrogens (tertiary/aromatic N) is 6. The number of hydrogen-bond donors (Lipinski definition) is 0. The van der Waals surface area contributed by atoms with Crippen LogP contribution < -0.4 is 0 Å². The molecule has 10 heteroatoms. The monoisotopic (exact) mass is 1660 g/mol. The second-order valence-corrected chi connectivity index (χ2v) is 32.5. The Hall–Kier alpha value is -17.6. The van der Waals surface area contributed by atoms with Gasteiger partial charge in [0.1, 0.15) is 45.0 Å². The lowest BCUT2D eigenvalue weighted by Crippen LogP contribution is -1.96. The average Bonchev–Trinajstić information content (AvgIpc) is 1.56. The molecule has 0 bridgehead atoms. The molecule has 0 saturated carbocycles. The lowest BCUT2D eigenvalue weighted by molar-refractivity contribution is 0.635. The first-order valence-corrected chi connectivity index (χ1v) is 43.6. The maximum absolute atomic E-state index is 6.92. The van der Waals surface area contributed by atoms with Crippen LogP contribution in [-0.2, 0) is 0 Å². The van der Waals surface area contributed by atoms with Gasteiger partial charge in [-0.3, -0.25) is 0 Å². The van der Waals surface area contributed by atoms with Gasteiger partial charge >= 0.3 is 0 Å². The quantitative estimate of drug-likeness (QED) is 0.0978. The SMILES string of the molecule is c1ccc(-c2nc(-c3ccc(-c4ccc(-c5nc6ccccc6c6oc(-c7ccccc7)c(-c7ccccc7)c56)cc4)cc3)cc(-c3cccc(-c4cccc5oc6ccccc6c45)c3)n2)cc1.c1ccc(-c2nc(-c3ccc(-c4ccc(-c5nc6ccccc6c6oc(-c7ccccc7)c(-c7ccccc7)c56)cc4)cc3)cc(-c3cccc4oc5ccccc5c34)n2)cc1. The van der Waals surface area contributed by atoms with Gasteiger partial charge in [0.05, 0.1) is 56.0 Å². The maximum atomic E-state index is 6.92. The number of rotatable bonds is 15. The molecule has 0 unspecified atom stereocenters. The number of pyridine rings is 2. The number of para-hydroxylation sites is 4. The van der Waals surface area contributed by atoms with Crippen molar-refractivity contribution in [1.82, 2.24) is 29.9 Å². The molecule has 608 valence electrons. The van der Waals surface area contributed by atoms with Gasteiger partial charge in [-0.1, -0.05) is 382 Å². The van der Waals surface area contributed by atoms with Crippen molar-refractivity contribution in [3.8, 4) is 169 Å². The fourth-order valence-electron chi connectivity index (χ4n) is 18.4. The van der Waals surface area contributed by atoms with Gasteiger partial charge in [0, 0.05) is 99.1 Å². The summed E-state index contributed by atoms with van der Waals surface area (Å²) in [5.41, 5.74) is 32.9. The van der Waals surface area contributed by atoms with Crippen LogP contribution >= 0.6 is 0 Å². The molecule has 0 aliphatic carbocycles. The normalized spacial score (nSPS) is 11.5. The van der Waals surface area contributed by atoms with Crippen molar-refractivity contribution in [2.24, 2.45) is 0 Å². The van der Waals surface area contributed by atoms with Gasteiger partial charge in [0.25, 0.3) is 0 Å². The van der Waals surface area contributed by atoms with Gasteiger partial charge in [0.2, 0.25) is 0 Å². The smallest absolute Gasteiger partial charge is 0.160 e. The predicted octanol–water partition coefficient (Wildman–Crippen LogP) is 32.3. The van der Waals surface area contributed by atoms with Crippen LogP contribution in [0.4, 0.5) is 0 Å².